The summed E-state index contributed by atoms with van der Waals surface area (Å²) < 4.78 is 35.8. The lowest BCUT2D eigenvalue weighted by atomic mass is 9.83. The number of amides is 1. The van der Waals surface area contributed by atoms with Gasteiger partial charge >= 0.3 is 6.61 Å². The largest absolute Gasteiger partial charge is 0.434 e. The predicted octanol–water partition coefficient (Wildman–Crippen LogP) is 3.90. The second-order valence-electron chi connectivity index (χ2n) is 8.51. The maximum absolute atomic E-state index is 13.5. The van der Waals surface area contributed by atoms with E-state index in [2.05, 4.69) is 9.72 Å². The van der Waals surface area contributed by atoms with E-state index in [-0.39, 0.29) is 53.4 Å². The van der Waals surface area contributed by atoms with Gasteiger partial charge in [0.2, 0.25) is 0 Å². The van der Waals surface area contributed by atoms with Gasteiger partial charge in [-0.1, -0.05) is 23.2 Å². The van der Waals surface area contributed by atoms with E-state index in [4.69, 9.17) is 27.9 Å². The molecule has 1 saturated heterocycles. The van der Waals surface area contributed by atoms with E-state index in [9.17, 15) is 23.5 Å². The molecule has 1 aromatic heterocycles. The van der Waals surface area contributed by atoms with Gasteiger partial charge in [-0.15, -0.1) is 0 Å². The summed E-state index contributed by atoms with van der Waals surface area (Å²) >= 11 is 13.2. The van der Waals surface area contributed by atoms with Crippen molar-refractivity contribution in [3.63, 3.8) is 0 Å². The van der Waals surface area contributed by atoms with Crippen LogP contribution in [0, 0.1) is 12.8 Å². The van der Waals surface area contributed by atoms with Crippen LogP contribution < -0.4 is 10.3 Å². The molecule has 11 heteroatoms. The minimum Gasteiger partial charge on any atom is -0.434 e. The summed E-state index contributed by atoms with van der Waals surface area (Å²) in [7, 11) is 0. The van der Waals surface area contributed by atoms with Crippen LogP contribution in [-0.2, 0) is 17.7 Å². The summed E-state index contributed by atoms with van der Waals surface area (Å²) in [4.78, 5) is 29.9. The first-order valence-electron chi connectivity index (χ1n) is 10.9. The lowest BCUT2D eigenvalue weighted by Gasteiger charge is -2.32. The molecule has 3 heterocycles. The molecule has 1 amide bonds. The highest BCUT2D eigenvalue weighted by Gasteiger charge is 2.35. The first-order valence-corrected chi connectivity index (χ1v) is 11.6. The highest BCUT2D eigenvalue weighted by Crippen LogP contribution is 2.41. The molecule has 2 N–H and O–H groups in total. The van der Waals surface area contributed by atoms with Crippen molar-refractivity contribution < 1.29 is 28.2 Å². The first-order chi connectivity index (χ1) is 16.2. The average Bonchev–Trinajstić information content (AvgIpc) is 3.29. The number of hydrogen-bond donors (Lipinski definition) is 2. The molecule has 1 aromatic carbocycles. The van der Waals surface area contributed by atoms with Gasteiger partial charge in [0.05, 0.1) is 35.9 Å². The summed E-state index contributed by atoms with van der Waals surface area (Å²) in [5.74, 6) is -1.08. The Kier molecular flexibility index (Phi) is 7.47. The number of halogens is 4. The van der Waals surface area contributed by atoms with E-state index in [1.54, 1.807) is 13.0 Å². The van der Waals surface area contributed by atoms with Gasteiger partial charge in [0.25, 0.3) is 11.5 Å². The SMILES string of the molecule is Cc1cc(OC(F)F)c(CN2CCc3c(Cl)cc(C(CO)[C@@H]4CCOC4)c(Cl)c3C2=O)c(=O)[nH]1. The third-order valence-corrected chi connectivity index (χ3v) is 7.15. The molecule has 7 nitrogen and oxygen atoms in total. The lowest BCUT2D eigenvalue weighted by Crippen LogP contribution is -2.39. The molecule has 0 bridgehead atoms. The van der Waals surface area contributed by atoms with Crippen molar-refractivity contribution in [2.45, 2.75) is 38.8 Å². The Morgan fingerprint density at radius 2 is 2.09 bits per heavy atom. The summed E-state index contributed by atoms with van der Waals surface area (Å²) in [5, 5.41) is 10.6. The van der Waals surface area contributed by atoms with Gasteiger partial charge in [-0.3, -0.25) is 9.59 Å². The van der Waals surface area contributed by atoms with Gasteiger partial charge in [0.15, 0.2) is 0 Å². The average molecular weight is 517 g/mol. The second-order valence-corrected chi connectivity index (χ2v) is 9.29. The summed E-state index contributed by atoms with van der Waals surface area (Å²) in [6.07, 6.45) is 1.12. The molecule has 184 valence electrons. The van der Waals surface area contributed by atoms with Crippen molar-refractivity contribution in [3.05, 3.63) is 60.5 Å². The van der Waals surface area contributed by atoms with Gasteiger partial charge < -0.3 is 24.5 Å². The summed E-state index contributed by atoms with van der Waals surface area (Å²) in [6, 6.07) is 2.99. The van der Waals surface area contributed by atoms with E-state index in [1.165, 1.54) is 11.0 Å². The van der Waals surface area contributed by atoms with Gasteiger partial charge in [0.1, 0.15) is 5.75 Å². The number of aliphatic hydroxyl groups excluding tert-OH is 1. The van der Waals surface area contributed by atoms with Crippen molar-refractivity contribution in [1.29, 1.82) is 0 Å². The second kappa shape index (κ2) is 10.2. The topological polar surface area (TPSA) is 91.9 Å². The van der Waals surface area contributed by atoms with Crippen molar-refractivity contribution in [1.82, 2.24) is 9.88 Å². The minimum atomic E-state index is -3.12. The van der Waals surface area contributed by atoms with Crippen LogP contribution >= 0.6 is 23.2 Å². The smallest absolute Gasteiger partial charge is 0.387 e. The molecular formula is C23H24Cl2F2N2O5. The maximum atomic E-state index is 13.5. The first kappa shape index (κ1) is 24.9. The zero-order valence-corrected chi connectivity index (χ0v) is 19.9. The molecule has 0 radical (unpaired) electrons. The molecule has 2 atom stereocenters. The van der Waals surface area contributed by atoms with Crippen molar-refractivity contribution >= 4 is 29.1 Å². The summed E-state index contributed by atoms with van der Waals surface area (Å²) in [5.41, 5.74) is 0.996. The minimum absolute atomic E-state index is 0.0339. The fourth-order valence-electron chi connectivity index (χ4n) is 4.68. The molecule has 2 aromatic rings. The number of pyridine rings is 1. The van der Waals surface area contributed by atoms with Crippen molar-refractivity contribution in [2.24, 2.45) is 5.92 Å². The Bertz CT molecular complexity index is 1150. The van der Waals surface area contributed by atoms with E-state index in [1.807, 2.05) is 0 Å². The van der Waals surface area contributed by atoms with Crippen LogP contribution in [0.25, 0.3) is 0 Å². The number of carbonyl (C=O) groups excluding carboxylic acids is 1. The molecule has 1 unspecified atom stereocenters. The monoisotopic (exact) mass is 516 g/mol. The number of benzene rings is 1. The van der Waals surface area contributed by atoms with Crippen LogP contribution in [0.3, 0.4) is 0 Å². The molecule has 34 heavy (non-hydrogen) atoms. The van der Waals surface area contributed by atoms with Crippen molar-refractivity contribution in [3.8, 4) is 5.75 Å². The van der Waals surface area contributed by atoms with Crippen LogP contribution in [0.4, 0.5) is 8.78 Å². The molecular weight excluding hydrogens is 493 g/mol. The number of rotatable bonds is 7. The van der Waals surface area contributed by atoms with Crippen molar-refractivity contribution in [2.75, 3.05) is 26.4 Å². The highest BCUT2D eigenvalue weighted by atomic mass is 35.5. The predicted molar refractivity (Wildman–Crippen MR) is 122 cm³/mol. The Labute approximate surface area is 204 Å². The fraction of sp³-hybridized carbons (Fsp3) is 0.478. The molecule has 4 rings (SSSR count). The normalized spacial score (nSPS) is 19.0. The quantitative estimate of drug-likeness (QED) is 0.582. The number of aryl methyl sites for hydroxylation is 1. The Morgan fingerprint density at radius 3 is 2.74 bits per heavy atom. The van der Waals surface area contributed by atoms with Gasteiger partial charge in [-0.2, -0.15) is 8.78 Å². The van der Waals surface area contributed by atoms with E-state index in [0.29, 0.717) is 41.5 Å². The van der Waals surface area contributed by atoms with E-state index < -0.39 is 18.1 Å². The molecule has 1 fully saturated rings. The third-order valence-electron chi connectivity index (χ3n) is 6.40. The lowest BCUT2D eigenvalue weighted by molar-refractivity contribution is -0.0508. The summed E-state index contributed by atoms with van der Waals surface area (Å²) in [6.45, 7) is -0.743. The third kappa shape index (κ3) is 4.79. The standard InChI is InChI=1S/C23H24Cl2F2N2O5/c1-11-6-18(34-23(26)27)15(21(31)28-11)8-29-4-2-13-17(24)7-14(20(25)19(13)22(29)32)16(9-30)12-3-5-33-10-12/h6-7,12,16,23,30H,2-5,8-10H2,1H3,(H,28,31)/t12-,16?/m1/s1. The number of aliphatic hydroxyl groups is 1. The van der Waals surface area contributed by atoms with Crippen LogP contribution in [0.1, 0.15) is 45.1 Å². The van der Waals surface area contributed by atoms with E-state index in [0.717, 1.165) is 6.42 Å². The molecule has 0 aliphatic carbocycles. The number of alkyl halides is 2. The number of ether oxygens (including phenoxy) is 2. The number of nitrogens with one attached hydrogen (secondary N) is 1. The van der Waals surface area contributed by atoms with E-state index >= 15 is 0 Å². The molecule has 0 spiro atoms. The Balaban J connectivity index is 1.70. The van der Waals surface area contributed by atoms with Gasteiger partial charge in [0, 0.05) is 35.9 Å². The zero-order valence-electron chi connectivity index (χ0n) is 18.4. The molecule has 2 aliphatic heterocycles. The number of carbonyl (C=O) groups is 1. The molecule has 2 aliphatic rings. The Morgan fingerprint density at radius 1 is 1.32 bits per heavy atom. The van der Waals surface area contributed by atoms with Crippen LogP contribution in [0.15, 0.2) is 16.9 Å². The maximum Gasteiger partial charge on any atom is 0.387 e. The number of H-pyrrole nitrogens is 1. The number of nitrogens with zero attached hydrogens (tertiary/aromatic N) is 1. The number of hydrogen-bond acceptors (Lipinski definition) is 5. The van der Waals surface area contributed by atoms with Crippen LogP contribution in [0.2, 0.25) is 10.0 Å². The van der Waals surface area contributed by atoms with Crippen LogP contribution in [0.5, 0.6) is 5.75 Å². The Hall–Kier alpha value is -2.20. The van der Waals surface area contributed by atoms with Crippen LogP contribution in [-0.4, -0.2) is 53.9 Å². The van der Waals surface area contributed by atoms with Gasteiger partial charge in [-0.05, 0) is 42.9 Å². The number of aromatic amines is 1. The zero-order chi connectivity index (χ0) is 24.6. The highest BCUT2D eigenvalue weighted by molar-refractivity contribution is 6.37. The molecule has 0 saturated carbocycles. The number of aromatic nitrogens is 1. The number of fused-ring (bicyclic) bond motifs is 1. The van der Waals surface area contributed by atoms with Gasteiger partial charge in [-0.25, -0.2) is 0 Å². The fourth-order valence-corrected chi connectivity index (χ4v) is 5.37.